The molecular formula is C37H36IrN4OSi-2. The fourth-order valence-electron chi connectivity index (χ4n) is 5.59. The zero-order valence-corrected chi connectivity index (χ0v) is 29.4. The predicted molar refractivity (Wildman–Crippen MR) is 180 cm³/mol. The van der Waals surface area contributed by atoms with Gasteiger partial charge in [-0.15, -0.1) is 54.1 Å². The van der Waals surface area contributed by atoms with E-state index in [0.717, 1.165) is 56.5 Å². The molecule has 44 heavy (non-hydrogen) atoms. The fourth-order valence-corrected chi connectivity index (χ4v) is 7.18. The zero-order chi connectivity index (χ0) is 30.1. The minimum atomic E-state index is -1.34. The molecule has 4 heterocycles. The molecule has 0 aliphatic rings. The molecule has 0 bridgehead atoms. The van der Waals surface area contributed by atoms with E-state index in [2.05, 4.69) is 84.6 Å². The predicted octanol–water partition coefficient (Wildman–Crippen LogP) is 8.62. The molecule has 0 atom stereocenters. The molecular weight excluding hydrogens is 737 g/mol. The van der Waals surface area contributed by atoms with Crippen molar-refractivity contribution in [1.29, 1.82) is 0 Å². The van der Waals surface area contributed by atoms with Gasteiger partial charge in [-0.25, -0.2) is 4.98 Å². The van der Waals surface area contributed by atoms with Crippen molar-refractivity contribution < 1.29 is 24.5 Å². The van der Waals surface area contributed by atoms with Crippen LogP contribution in [-0.4, -0.2) is 27.6 Å². The maximum Gasteiger partial charge on any atom is 0.216 e. The summed E-state index contributed by atoms with van der Waals surface area (Å²) in [5.74, 6) is 1.51. The van der Waals surface area contributed by atoms with E-state index in [4.69, 9.17) is 9.40 Å². The molecule has 3 aromatic carbocycles. The average molecular weight is 773 g/mol. The molecule has 0 spiro atoms. The van der Waals surface area contributed by atoms with Crippen LogP contribution in [0.15, 0.2) is 95.7 Å². The van der Waals surface area contributed by atoms with Gasteiger partial charge in [-0.3, -0.25) is 4.98 Å². The van der Waals surface area contributed by atoms with Gasteiger partial charge in [0.15, 0.2) is 0 Å². The Bertz CT molecular complexity index is 2040. The number of fused-ring (bicyclic) bond motifs is 4. The average Bonchev–Trinajstić information content (AvgIpc) is 3.55. The monoisotopic (exact) mass is 773 g/mol. The fraction of sp³-hybridized carbons (Fsp3) is 0.216. The van der Waals surface area contributed by atoms with Gasteiger partial charge >= 0.3 is 0 Å². The molecule has 0 amide bonds. The van der Waals surface area contributed by atoms with Crippen LogP contribution in [-0.2, 0) is 33.6 Å². The molecule has 7 rings (SSSR count). The maximum atomic E-state index is 5.99. The smallest absolute Gasteiger partial charge is 0.216 e. The van der Waals surface area contributed by atoms with E-state index in [1.807, 2.05) is 67.7 Å². The topological polar surface area (TPSA) is 56.7 Å². The third-order valence-electron chi connectivity index (χ3n) is 7.63. The second-order valence-corrected chi connectivity index (χ2v) is 17.4. The molecule has 5 nitrogen and oxygen atoms in total. The van der Waals surface area contributed by atoms with E-state index >= 15 is 0 Å². The normalized spacial score (nSPS) is 11.5. The quantitative estimate of drug-likeness (QED) is 0.130. The number of hydrogen-bond acceptors (Lipinski definition) is 4. The van der Waals surface area contributed by atoms with Crippen molar-refractivity contribution >= 4 is 46.4 Å². The van der Waals surface area contributed by atoms with E-state index < -0.39 is 8.07 Å². The number of imidazole rings is 1. The first kappa shape index (κ1) is 31.5. The number of rotatable bonds is 5. The maximum absolute atomic E-state index is 5.99. The summed E-state index contributed by atoms with van der Waals surface area (Å²) in [7, 11) is 0.671. The summed E-state index contributed by atoms with van der Waals surface area (Å²) >= 11 is 0. The molecule has 0 unspecified atom stereocenters. The van der Waals surface area contributed by atoms with Gasteiger partial charge in [0.25, 0.3) is 0 Å². The number of aryl methyl sites for hydroxylation is 1. The van der Waals surface area contributed by atoms with E-state index in [0.29, 0.717) is 11.6 Å². The standard InChI is InChI=1S/C19H12N3O.C18H24NSi.Ir/c1-22-16-10-3-2-9-15(16)21-18(22)14-7-4-6-12-13-8-5-11-20-19(13)23-17(12)14;1-14(2)11-16-12-17(15-9-7-6-8-10-15)19-13-18(16)20(3,4)5;/h2-6,8-11H,1H3;6-9,12-14H,11H2,1-5H3;/q2*-1;. The first-order valence-electron chi connectivity index (χ1n) is 14.8. The molecule has 7 heteroatoms. The number of aromatic nitrogens is 4. The number of benzene rings is 3. The summed E-state index contributed by atoms with van der Waals surface area (Å²) in [5.41, 5.74) is 7.93. The molecule has 0 N–H and O–H groups in total. The molecule has 4 aromatic heterocycles. The molecule has 0 aliphatic carbocycles. The Hall–Kier alpha value is -3.90. The minimum absolute atomic E-state index is 0. The summed E-state index contributed by atoms with van der Waals surface area (Å²) in [6.45, 7) is 11.7. The summed E-state index contributed by atoms with van der Waals surface area (Å²) in [6, 6.07) is 32.9. The van der Waals surface area contributed by atoms with Crippen molar-refractivity contribution in [3.8, 4) is 22.6 Å². The van der Waals surface area contributed by atoms with Crippen LogP contribution < -0.4 is 5.19 Å². The van der Waals surface area contributed by atoms with Crippen molar-refractivity contribution in [2.24, 2.45) is 13.0 Å². The van der Waals surface area contributed by atoms with Crippen molar-refractivity contribution in [2.75, 3.05) is 0 Å². The summed E-state index contributed by atoms with van der Waals surface area (Å²) in [4.78, 5) is 13.8. The van der Waals surface area contributed by atoms with Gasteiger partial charge in [-0.1, -0.05) is 68.2 Å². The van der Waals surface area contributed by atoms with Crippen molar-refractivity contribution in [2.45, 2.75) is 39.9 Å². The SMILES string of the molecule is CC(C)Cc1cc(-c2[c-]cccc2)ncc1[Si](C)(C)C.Cn1c(-c2[c-]ccc3c2oc2ncccc23)nc2ccccc21.[Ir]. The van der Waals surface area contributed by atoms with Crippen LogP contribution >= 0.6 is 0 Å². The molecule has 0 saturated heterocycles. The van der Waals surface area contributed by atoms with E-state index in [-0.39, 0.29) is 20.1 Å². The van der Waals surface area contributed by atoms with Crippen LogP contribution in [0.4, 0.5) is 0 Å². The molecule has 1 radical (unpaired) electrons. The summed E-state index contributed by atoms with van der Waals surface area (Å²) in [6.07, 6.45) is 4.98. The van der Waals surface area contributed by atoms with Gasteiger partial charge in [0, 0.05) is 44.9 Å². The van der Waals surface area contributed by atoms with Crippen LogP contribution in [0.3, 0.4) is 0 Å². The molecule has 0 fully saturated rings. The molecule has 225 valence electrons. The van der Waals surface area contributed by atoms with E-state index in [1.165, 1.54) is 10.8 Å². The van der Waals surface area contributed by atoms with Crippen LogP contribution in [0, 0.1) is 18.1 Å². The second-order valence-electron chi connectivity index (χ2n) is 12.4. The van der Waals surface area contributed by atoms with Gasteiger partial charge in [0.2, 0.25) is 5.71 Å². The van der Waals surface area contributed by atoms with Gasteiger partial charge in [0.1, 0.15) is 0 Å². The van der Waals surface area contributed by atoms with Crippen LogP contribution in [0.5, 0.6) is 0 Å². The van der Waals surface area contributed by atoms with Crippen LogP contribution in [0.1, 0.15) is 19.4 Å². The number of para-hydroxylation sites is 2. The van der Waals surface area contributed by atoms with Crippen molar-refractivity contribution in [3.63, 3.8) is 0 Å². The van der Waals surface area contributed by atoms with E-state index in [1.54, 1.807) is 6.20 Å². The Labute approximate surface area is 273 Å². The Balaban J connectivity index is 0.000000173. The number of furan rings is 1. The number of pyridine rings is 2. The second kappa shape index (κ2) is 13.0. The molecule has 7 aromatic rings. The first-order valence-corrected chi connectivity index (χ1v) is 18.3. The van der Waals surface area contributed by atoms with E-state index in [9.17, 15) is 0 Å². The molecule has 0 aliphatic heterocycles. The Morgan fingerprint density at radius 3 is 2.41 bits per heavy atom. The van der Waals surface area contributed by atoms with Gasteiger partial charge in [-0.05, 0) is 47.5 Å². The van der Waals surface area contributed by atoms with Crippen molar-refractivity contribution in [1.82, 2.24) is 19.5 Å². The van der Waals surface area contributed by atoms with Crippen LogP contribution in [0.2, 0.25) is 19.6 Å². The van der Waals surface area contributed by atoms with Crippen molar-refractivity contribution in [3.05, 3.63) is 109 Å². The third-order valence-corrected chi connectivity index (χ3v) is 9.70. The Kier molecular flexibility index (Phi) is 9.30. The van der Waals surface area contributed by atoms with Gasteiger partial charge in [-0.2, -0.15) is 0 Å². The zero-order valence-electron chi connectivity index (χ0n) is 26.0. The largest absolute Gasteiger partial charge is 0.486 e. The third kappa shape index (κ3) is 6.32. The summed E-state index contributed by atoms with van der Waals surface area (Å²) < 4.78 is 8.06. The van der Waals surface area contributed by atoms with Gasteiger partial charge in [0.05, 0.1) is 30.5 Å². The van der Waals surface area contributed by atoms with Crippen LogP contribution in [0.25, 0.3) is 55.7 Å². The Morgan fingerprint density at radius 2 is 1.68 bits per heavy atom. The number of hydrogen-bond donors (Lipinski definition) is 0. The molecule has 0 saturated carbocycles. The van der Waals surface area contributed by atoms with Gasteiger partial charge < -0.3 is 14.0 Å². The Morgan fingerprint density at radius 1 is 0.886 bits per heavy atom. The minimum Gasteiger partial charge on any atom is -0.486 e. The summed E-state index contributed by atoms with van der Waals surface area (Å²) in [5, 5.41) is 3.54. The number of nitrogens with zero attached hydrogens (tertiary/aromatic N) is 4. The first-order chi connectivity index (χ1) is 20.7.